The molecule has 6 nitrogen and oxygen atoms in total. The highest BCUT2D eigenvalue weighted by Gasteiger charge is 2.43. The molecule has 1 unspecified atom stereocenters. The van der Waals surface area contributed by atoms with E-state index < -0.39 is 6.17 Å². The van der Waals surface area contributed by atoms with Crippen LogP contribution in [0.5, 0.6) is 5.88 Å². The summed E-state index contributed by atoms with van der Waals surface area (Å²) in [5.74, 6) is 0.0888. The first kappa shape index (κ1) is 18.2. The molecule has 0 saturated heterocycles. The molecule has 1 aliphatic heterocycles. The third-order valence-corrected chi connectivity index (χ3v) is 5.32. The van der Waals surface area contributed by atoms with Crippen molar-refractivity contribution in [2.45, 2.75) is 18.2 Å². The quantitative estimate of drug-likeness (QED) is 0.389. The Labute approximate surface area is 167 Å². The fourth-order valence-electron chi connectivity index (χ4n) is 3.39. The normalized spacial score (nSPS) is 14.9. The van der Waals surface area contributed by atoms with Gasteiger partial charge in [0.1, 0.15) is 0 Å². The van der Waals surface area contributed by atoms with Crippen molar-refractivity contribution in [1.82, 2.24) is 10.1 Å². The molecule has 1 aliphatic rings. The lowest BCUT2D eigenvalue weighted by Crippen LogP contribution is -2.58. The number of hydrogen-bond acceptors (Lipinski definition) is 5. The molecule has 3 aromatic rings. The molecule has 1 atom stereocenters. The molecule has 0 saturated carbocycles. The minimum absolute atomic E-state index is 0.134. The van der Waals surface area contributed by atoms with Gasteiger partial charge in [0.15, 0.2) is 0 Å². The molecule has 2 aromatic carbocycles. The second-order valence-corrected chi connectivity index (χ2v) is 7.27. The highest BCUT2D eigenvalue weighted by Crippen LogP contribution is 2.40. The Morgan fingerprint density at radius 2 is 1.96 bits per heavy atom. The molecule has 2 heterocycles. The number of para-hydroxylation sites is 1. The summed E-state index contributed by atoms with van der Waals surface area (Å²) in [6.07, 6.45) is 1.16. The predicted octanol–water partition coefficient (Wildman–Crippen LogP) is 2.70. The molecule has 0 fully saturated rings. The summed E-state index contributed by atoms with van der Waals surface area (Å²) >= 11 is 1.33. The zero-order valence-corrected chi connectivity index (χ0v) is 16.1. The maximum atomic E-state index is 12.9. The zero-order chi connectivity index (χ0) is 19.7. The van der Waals surface area contributed by atoms with Gasteiger partial charge in [0.2, 0.25) is 5.91 Å². The van der Waals surface area contributed by atoms with Gasteiger partial charge in [-0.05, 0) is 12.1 Å². The lowest BCUT2D eigenvalue weighted by molar-refractivity contribution is -0.764. The lowest BCUT2D eigenvalue weighted by Gasteiger charge is -2.32. The molecule has 28 heavy (non-hydrogen) atoms. The molecule has 0 bridgehead atoms. The number of nitrogens with zero attached hydrogens (tertiary/aromatic N) is 4. The lowest BCUT2D eigenvalue weighted by atomic mass is 10.0. The number of carbonyl (C=O) groups is 1. The smallest absolute Gasteiger partial charge is 0.293 e. The largest absolute Gasteiger partial charge is 0.854 e. The molecule has 140 valence electrons. The van der Waals surface area contributed by atoms with Crippen LogP contribution in [-0.4, -0.2) is 21.7 Å². The Balaban J connectivity index is 2.02. The van der Waals surface area contributed by atoms with Crippen LogP contribution in [-0.2, 0) is 4.79 Å². The summed E-state index contributed by atoms with van der Waals surface area (Å²) in [5, 5.41) is 17.9. The molecule has 7 heteroatoms. The number of benzene rings is 2. The highest BCUT2D eigenvalue weighted by atomic mass is 32.2. The van der Waals surface area contributed by atoms with Gasteiger partial charge < -0.3 is 5.11 Å². The van der Waals surface area contributed by atoms with E-state index in [2.05, 4.69) is 16.7 Å². The SMILES string of the molecule is C=CCSc1nc([O-])c2[n+](n1)C(c1ccccc1)N(C(C)=O)c1ccccc1-2. The van der Waals surface area contributed by atoms with Crippen molar-refractivity contribution in [2.24, 2.45) is 0 Å². The van der Waals surface area contributed by atoms with E-state index in [1.165, 1.54) is 18.7 Å². The summed E-state index contributed by atoms with van der Waals surface area (Å²) in [5.41, 5.74) is 2.56. The average molecular weight is 390 g/mol. The summed E-state index contributed by atoms with van der Waals surface area (Å²) in [4.78, 5) is 18.5. The first-order valence-electron chi connectivity index (χ1n) is 8.80. The maximum Gasteiger partial charge on any atom is 0.293 e. The molecule has 0 aliphatic carbocycles. The van der Waals surface area contributed by atoms with E-state index in [0.29, 0.717) is 27.9 Å². The van der Waals surface area contributed by atoms with E-state index in [1.807, 2.05) is 54.6 Å². The van der Waals surface area contributed by atoms with Crippen LogP contribution in [0.4, 0.5) is 5.69 Å². The monoisotopic (exact) mass is 390 g/mol. The molecule has 0 spiro atoms. The van der Waals surface area contributed by atoms with Crippen molar-refractivity contribution in [2.75, 3.05) is 10.7 Å². The van der Waals surface area contributed by atoms with Crippen LogP contribution in [0.15, 0.2) is 72.4 Å². The number of rotatable bonds is 4. The maximum absolute atomic E-state index is 12.9. The van der Waals surface area contributed by atoms with Gasteiger partial charge in [0.25, 0.3) is 17.0 Å². The van der Waals surface area contributed by atoms with Crippen LogP contribution in [0, 0.1) is 0 Å². The Morgan fingerprint density at radius 1 is 1.25 bits per heavy atom. The van der Waals surface area contributed by atoms with Gasteiger partial charge in [-0.25, -0.2) is 9.88 Å². The van der Waals surface area contributed by atoms with Crippen LogP contribution in [0.2, 0.25) is 0 Å². The minimum atomic E-state index is -0.567. The second-order valence-electron chi connectivity index (χ2n) is 6.28. The fraction of sp³-hybridized carbons (Fsp3) is 0.143. The van der Waals surface area contributed by atoms with Crippen LogP contribution in [0.3, 0.4) is 0 Å². The predicted molar refractivity (Wildman–Crippen MR) is 106 cm³/mol. The van der Waals surface area contributed by atoms with Crippen molar-refractivity contribution >= 4 is 23.4 Å². The Hall–Kier alpha value is -3.19. The van der Waals surface area contributed by atoms with E-state index in [4.69, 9.17) is 0 Å². The fourth-order valence-corrected chi connectivity index (χ4v) is 3.95. The van der Waals surface area contributed by atoms with Gasteiger partial charge in [-0.15, -0.1) is 6.58 Å². The molecule has 1 amide bonds. The second kappa shape index (κ2) is 7.44. The number of carbonyl (C=O) groups excluding carboxylic acids is 1. The molecule has 0 radical (unpaired) electrons. The number of aromatic nitrogens is 3. The summed E-state index contributed by atoms with van der Waals surface area (Å²) in [6.45, 7) is 5.22. The van der Waals surface area contributed by atoms with Crippen LogP contribution < -0.4 is 14.7 Å². The van der Waals surface area contributed by atoms with E-state index in [0.717, 1.165) is 5.56 Å². The topological polar surface area (TPSA) is 73.0 Å². The van der Waals surface area contributed by atoms with Crippen molar-refractivity contribution in [3.05, 3.63) is 72.8 Å². The van der Waals surface area contributed by atoms with Crippen molar-refractivity contribution in [3.8, 4) is 17.1 Å². The van der Waals surface area contributed by atoms with Crippen LogP contribution in [0.1, 0.15) is 18.7 Å². The Bertz CT molecular complexity index is 1060. The standard InChI is InChI=1S/C21H18N4O2S/c1-3-13-28-21-22-19(27)18-16-11-7-8-12-17(16)24(14(2)26)20(25(18)23-21)15-9-5-4-6-10-15/h3-12,20H,1,13H2,2H3. The van der Waals surface area contributed by atoms with Crippen molar-refractivity contribution in [3.63, 3.8) is 0 Å². The van der Waals surface area contributed by atoms with Gasteiger partial charge in [0, 0.05) is 23.3 Å². The third-order valence-electron chi connectivity index (χ3n) is 4.48. The van der Waals surface area contributed by atoms with Gasteiger partial charge >= 0.3 is 0 Å². The average Bonchev–Trinajstić information content (AvgIpc) is 2.71. The van der Waals surface area contributed by atoms with Gasteiger partial charge in [0.05, 0.1) is 17.1 Å². The van der Waals surface area contributed by atoms with Crippen LogP contribution in [0.25, 0.3) is 11.3 Å². The first-order chi connectivity index (χ1) is 13.6. The van der Waals surface area contributed by atoms with E-state index >= 15 is 0 Å². The third kappa shape index (κ3) is 3.03. The highest BCUT2D eigenvalue weighted by molar-refractivity contribution is 7.99. The van der Waals surface area contributed by atoms with E-state index in [9.17, 15) is 9.90 Å². The Kier molecular flexibility index (Phi) is 4.83. The van der Waals surface area contributed by atoms with E-state index in [-0.39, 0.29) is 11.8 Å². The van der Waals surface area contributed by atoms with E-state index in [1.54, 1.807) is 15.7 Å². The first-order valence-corrected chi connectivity index (χ1v) is 9.79. The molecule has 1 aromatic heterocycles. The molecule has 4 rings (SSSR count). The van der Waals surface area contributed by atoms with Crippen molar-refractivity contribution in [1.29, 1.82) is 0 Å². The van der Waals surface area contributed by atoms with Crippen LogP contribution >= 0.6 is 11.8 Å². The van der Waals surface area contributed by atoms with Gasteiger partial charge in [-0.1, -0.05) is 65.0 Å². The number of amides is 1. The zero-order valence-electron chi connectivity index (χ0n) is 15.3. The molecular formula is C21H18N4O2S. The number of hydrogen-bond donors (Lipinski definition) is 0. The molecule has 0 N–H and O–H groups in total. The van der Waals surface area contributed by atoms with Gasteiger partial charge in [-0.3, -0.25) is 4.79 Å². The van der Waals surface area contributed by atoms with Gasteiger partial charge in [-0.2, -0.15) is 0 Å². The summed E-state index contributed by atoms with van der Waals surface area (Å²) in [7, 11) is 0. The molecular weight excluding hydrogens is 372 g/mol. The summed E-state index contributed by atoms with van der Waals surface area (Å²) in [6, 6.07) is 16.9. The summed E-state index contributed by atoms with van der Waals surface area (Å²) < 4.78 is 1.62. The Morgan fingerprint density at radius 3 is 2.68 bits per heavy atom. The number of thioether (sulfide) groups is 1. The number of fused-ring (bicyclic) bond motifs is 3. The van der Waals surface area contributed by atoms with Crippen molar-refractivity contribution < 1.29 is 14.6 Å². The minimum Gasteiger partial charge on any atom is -0.854 e. The number of anilines is 1.